The van der Waals surface area contributed by atoms with Crippen molar-refractivity contribution in [2.24, 2.45) is 0 Å². The Balaban J connectivity index is 2.26. The Hall–Kier alpha value is 0.430. The molecule has 0 aromatic rings. The summed E-state index contributed by atoms with van der Waals surface area (Å²) in [4.78, 5) is 0. The van der Waals surface area contributed by atoms with Gasteiger partial charge in [0.25, 0.3) is 0 Å². The van der Waals surface area contributed by atoms with Crippen molar-refractivity contribution >= 4 is 22.6 Å². The smallest absolute Gasteiger partial charge is 0.0727 e. The van der Waals surface area contributed by atoms with E-state index in [0.717, 1.165) is 17.0 Å². The molecular formula is C8H13IO. The van der Waals surface area contributed by atoms with E-state index in [1.165, 1.54) is 6.42 Å². The minimum absolute atomic E-state index is 0.483. The van der Waals surface area contributed by atoms with Gasteiger partial charge in [-0.2, -0.15) is 0 Å². The van der Waals surface area contributed by atoms with Crippen molar-refractivity contribution in [3.05, 3.63) is 12.2 Å². The van der Waals surface area contributed by atoms with Crippen molar-refractivity contribution in [1.29, 1.82) is 0 Å². The quantitative estimate of drug-likeness (QED) is 0.417. The van der Waals surface area contributed by atoms with Gasteiger partial charge in [0, 0.05) is 10.5 Å². The van der Waals surface area contributed by atoms with Crippen molar-refractivity contribution < 1.29 is 4.74 Å². The van der Waals surface area contributed by atoms with E-state index >= 15 is 0 Å². The molecule has 0 radical (unpaired) electrons. The third-order valence-corrected chi connectivity index (χ3v) is 3.16. The lowest BCUT2D eigenvalue weighted by atomic mass is 10.2. The molecule has 10 heavy (non-hydrogen) atoms. The Morgan fingerprint density at radius 2 is 2.50 bits per heavy atom. The molecule has 0 aromatic heterocycles. The molecule has 2 atom stereocenters. The molecule has 0 saturated carbocycles. The van der Waals surface area contributed by atoms with Gasteiger partial charge in [0.2, 0.25) is 0 Å². The minimum atomic E-state index is 0.483. The molecule has 0 bridgehead atoms. The van der Waals surface area contributed by atoms with Crippen LogP contribution in [0.5, 0.6) is 0 Å². The fourth-order valence-corrected chi connectivity index (χ4v) is 1.86. The molecular weight excluding hydrogens is 239 g/mol. The SMILES string of the molecule is C/C=C\C[C@H]1OCC[C@H]1I. The maximum atomic E-state index is 5.51. The highest BCUT2D eigenvalue weighted by Crippen LogP contribution is 2.24. The van der Waals surface area contributed by atoms with Gasteiger partial charge in [0.05, 0.1) is 6.10 Å². The third kappa shape index (κ3) is 2.23. The fourth-order valence-electron chi connectivity index (χ4n) is 1.11. The van der Waals surface area contributed by atoms with Gasteiger partial charge in [-0.15, -0.1) is 0 Å². The summed E-state index contributed by atoms with van der Waals surface area (Å²) in [6, 6.07) is 0. The van der Waals surface area contributed by atoms with E-state index in [1.54, 1.807) is 0 Å². The van der Waals surface area contributed by atoms with Gasteiger partial charge in [-0.25, -0.2) is 0 Å². The minimum Gasteiger partial charge on any atom is -0.377 e. The second-order valence-corrected chi connectivity index (χ2v) is 4.12. The molecule has 0 amide bonds. The molecule has 58 valence electrons. The largest absolute Gasteiger partial charge is 0.377 e. The summed E-state index contributed by atoms with van der Waals surface area (Å²) >= 11 is 2.47. The molecule has 0 unspecified atom stereocenters. The monoisotopic (exact) mass is 252 g/mol. The summed E-state index contributed by atoms with van der Waals surface area (Å²) < 4.78 is 6.24. The number of allylic oxidation sites excluding steroid dienone is 1. The van der Waals surface area contributed by atoms with Gasteiger partial charge in [0.1, 0.15) is 0 Å². The molecule has 1 aliphatic rings. The van der Waals surface area contributed by atoms with Crippen LogP contribution in [-0.2, 0) is 4.74 Å². The summed E-state index contributed by atoms with van der Waals surface area (Å²) in [5.74, 6) is 0. The van der Waals surface area contributed by atoms with E-state index in [-0.39, 0.29) is 0 Å². The topological polar surface area (TPSA) is 9.23 Å². The summed E-state index contributed by atoms with van der Waals surface area (Å²) in [6.45, 7) is 3.01. The van der Waals surface area contributed by atoms with Crippen molar-refractivity contribution in [2.45, 2.75) is 29.8 Å². The first kappa shape index (κ1) is 8.53. The van der Waals surface area contributed by atoms with Crippen LogP contribution >= 0.6 is 22.6 Å². The van der Waals surface area contributed by atoms with Crippen LogP contribution in [0.15, 0.2) is 12.2 Å². The van der Waals surface area contributed by atoms with Crippen LogP contribution in [0.1, 0.15) is 19.8 Å². The van der Waals surface area contributed by atoms with Crippen LogP contribution in [0.2, 0.25) is 0 Å². The first-order valence-electron chi connectivity index (χ1n) is 3.71. The fraction of sp³-hybridized carbons (Fsp3) is 0.750. The summed E-state index contributed by atoms with van der Waals surface area (Å²) in [5, 5.41) is 0. The van der Waals surface area contributed by atoms with Crippen molar-refractivity contribution in [1.82, 2.24) is 0 Å². The molecule has 0 spiro atoms. The number of hydrogen-bond acceptors (Lipinski definition) is 1. The lowest BCUT2D eigenvalue weighted by Gasteiger charge is -2.09. The maximum absolute atomic E-state index is 5.51. The second kappa shape index (κ2) is 4.34. The first-order chi connectivity index (χ1) is 4.84. The summed E-state index contributed by atoms with van der Waals surface area (Å²) in [7, 11) is 0. The normalized spacial score (nSPS) is 33.8. The first-order valence-corrected chi connectivity index (χ1v) is 4.96. The Morgan fingerprint density at radius 3 is 3.00 bits per heavy atom. The van der Waals surface area contributed by atoms with E-state index in [2.05, 4.69) is 41.7 Å². The number of ether oxygens (including phenoxy) is 1. The van der Waals surface area contributed by atoms with Crippen LogP contribution in [0.4, 0.5) is 0 Å². The molecule has 0 N–H and O–H groups in total. The van der Waals surface area contributed by atoms with Crippen LogP contribution in [0.3, 0.4) is 0 Å². The lowest BCUT2D eigenvalue weighted by molar-refractivity contribution is 0.117. The average Bonchev–Trinajstić information content (AvgIpc) is 2.31. The Bertz CT molecular complexity index is 122. The Kier molecular flexibility index (Phi) is 3.70. The molecule has 1 saturated heterocycles. The number of halogens is 1. The van der Waals surface area contributed by atoms with E-state index in [0.29, 0.717) is 6.10 Å². The molecule has 1 aliphatic heterocycles. The van der Waals surface area contributed by atoms with E-state index in [9.17, 15) is 0 Å². The summed E-state index contributed by atoms with van der Waals surface area (Å²) in [6.07, 6.45) is 7.07. The number of rotatable bonds is 2. The standard InChI is InChI=1S/C8H13IO/c1-2-3-4-8-7(9)5-6-10-8/h2-3,7-8H,4-6H2,1H3/b3-2-/t7-,8-/m1/s1. The zero-order valence-electron chi connectivity index (χ0n) is 6.22. The molecule has 1 heterocycles. The average molecular weight is 252 g/mol. The lowest BCUT2D eigenvalue weighted by Crippen LogP contribution is -2.13. The van der Waals surface area contributed by atoms with Crippen molar-refractivity contribution in [3.63, 3.8) is 0 Å². The predicted molar refractivity (Wildman–Crippen MR) is 51.6 cm³/mol. The third-order valence-electron chi connectivity index (χ3n) is 1.73. The molecule has 1 fully saturated rings. The van der Waals surface area contributed by atoms with Crippen LogP contribution in [0.25, 0.3) is 0 Å². The van der Waals surface area contributed by atoms with E-state index in [4.69, 9.17) is 4.74 Å². The van der Waals surface area contributed by atoms with Gasteiger partial charge in [-0.05, 0) is 19.8 Å². The molecule has 0 aliphatic carbocycles. The van der Waals surface area contributed by atoms with Crippen LogP contribution < -0.4 is 0 Å². The van der Waals surface area contributed by atoms with Gasteiger partial charge in [0.15, 0.2) is 0 Å². The van der Waals surface area contributed by atoms with Crippen molar-refractivity contribution in [2.75, 3.05) is 6.61 Å². The Morgan fingerprint density at radius 1 is 1.70 bits per heavy atom. The summed E-state index contributed by atoms with van der Waals surface area (Å²) in [5.41, 5.74) is 0. The van der Waals surface area contributed by atoms with Gasteiger partial charge in [-0.3, -0.25) is 0 Å². The van der Waals surface area contributed by atoms with Crippen LogP contribution in [0, 0.1) is 0 Å². The molecule has 0 aromatic carbocycles. The van der Waals surface area contributed by atoms with E-state index < -0.39 is 0 Å². The molecule has 1 rings (SSSR count). The highest BCUT2D eigenvalue weighted by Gasteiger charge is 2.23. The van der Waals surface area contributed by atoms with Gasteiger partial charge < -0.3 is 4.74 Å². The second-order valence-electron chi connectivity index (χ2n) is 2.52. The highest BCUT2D eigenvalue weighted by molar-refractivity contribution is 14.1. The Labute approximate surface area is 76.0 Å². The van der Waals surface area contributed by atoms with Gasteiger partial charge >= 0.3 is 0 Å². The van der Waals surface area contributed by atoms with Crippen molar-refractivity contribution in [3.8, 4) is 0 Å². The van der Waals surface area contributed by atoms with Gasteiger partial charge in [-0.1, -0.05) is 34.7 Å². The number of alkyl halides is 1. The highest BCUT2D eigenvalue weighted by atomic mass is 127. The zero-order chi connectivity index (χ0) is 7.40. The zero-order valence-corrected chi connectivity index (χ0v) is 8.37. The molecule has 2 heteroatoms. The van der Waals surface area contributed by atoms with Crippen LogP contribution in [-0.4, -0.2) is 16.6 Å². The predicted octanol–water partition coefficient (Wildman–Crippen LogP) is 2.55. The molecule has 1 nitrogen and oxygen atoms in total. The number of hydrogen-bond donors (Lipinski definition) is 0. The maximum Gasteiger partial charge on any atom is 0.0727 e. The van der Waals surface area contributed by atoms with E-state index in [1.807, 2.05) is 0 Å².